The van der Waals surface area contributed by atoms with E-state index in [1.807, 2.05) is 0 Å². The normalized spacial score (nSPS) is 15.8. The molecule has 0 unspecified atom stereocenters. The number of amides is 1. The molecule has 2 rings (SSSR count). The molecule has 3 heteroatoms. The number of piperidine rings is 1. The molecular weight excluding hydrogens is 344 g/mol. The van der Waals surface area contributed by atoms with Crippen molar-refractivity contribution in [2.24, 2.45) is 5.92 Å². The standard InChI is InChI=1S/C25H40N2O/c1-6-10-24(26(13-7-2)14-8-3)22-17-20(5)18-23(19-22)25(28)27-15-11-21(9-4)12-16-27/h10,17-19,21H,6-9,11-16H2,1-5H3/b24-10-. The predicted octanol–water partition coefficient (Wildman–Crippen LogP) is 6.13. The topological polar surface area (TPSA) is 23.6 Å². The van der Waals surface area contributed by atoms with Gasteiger partial charge in [0.05, 0.1) is 0 Å². The third-order valence-corrected chi connectivity index (χ3v) is 5.82. The lowest BCUT2D eigenvalue weighted by atomic mass is 9.93. The van der Waals surface area contributed by atoms with Gasteiger partial charge in [0, 0.05) is 37.4 Å². The van der Waals surface area contributed by atoms with Crippen LogP contribution < -0.4 is 0 Å². The molecule has 0 aromatic heterocycles. The van der Waals surface area contributed by atoms with Gasteiger partial charge in [-0.2, -0.15) is 0 Å². The second-order valence-corrected chi connectivity index (χ2v) is 8.22. The smallest absolute Gasteiger partial charge is 0.253 e. The maximum atomic E-state index is 13.2. The van der Waals surface area contributed by atoms with E-state index in [0.717, 1.165) is 69.8 Å². The van der Waals surface area contributed by atoms with Crippen molar-refractivity contribution in [3.05, 3.63) is 41.0 Å². The van der Waals surface area contributed by atoms with E-state index in [-0.39, 0.29) is 5.91 Å². The lowest BCUT2D eigenvalue weighted by molar-refractivity contribution is 0.0688. The van der Waals surface area contributed by atoms with Crippen molar-refractivity contribution in [3.63, 3.8) is 0 Å². The molecule has 0 radical (unpaired) electrons. The molecular formula is C25H40N2O. The molecule has 0 N–H and O–H groups in total. The average molecular weight is 385 g/mol. The highest BCUT2D eigenvalue weighted by molar-refractivity contribution is 5.95. The highest BCUT2D eigenvalue weighted by atomic mass is 16.2. The molecule has 1 fully saturated rings. The minimum absolute atomic E-state index is 0.202. The molecule has 1 aliphatic rings. The molecule has 0 bridgehead atoms. The molecule has 0 saturated carbocycles. The maximum absolute atomic E-state index is 13.2. The summed E-state index contributed by atoms with van der Waals surface area (Å²) in [6, 6.07) is 6.42. The Morgan fingerprint density at radius 3 is 2.18 bits per heavy atom. The quantitative estimate of drug-likeness (QED) is 0.511. The number of rotatable bonds is 9. The van der Waals surface area contributed by atoms with E-state index in [2.05, 4.69) is 68.7 Å². The zero-order chi connectivity index (χ0) is 20.5. The first-order chi connectivity index (χ1) is 13.5. The molecule has 1 aliphatic heterocycles. The van der Waals surface area contributed by atoms with E-state index < -0.39 is 0 Å². The monoisotopic (exact) mass is 384 g/mol. The molecule has 0 aliphatic carbocycles. The summed E-state index contributed by atoms with van der Waals surface area (Å²) in [7, 11) is 0. The summed E-state index contributed by atoms with van der Waals surface area (Å²) < 4.78 is 0. The van der Waals surface area contributed by atoms with Crippen molar-refractivity contribution in [1.29, 1.82) is 0 Å². The summed E-state index contributed by atoms with van der Waals surface area (Å²) in [4.78, 5) is 17.7. The number of carbonyl (C=O) groups is 1. The van der Waals surface area contributed by atoms with E-state index in [4.69, 9.17) is 0 Å². The van der Waals surface area contributed by atoms with Crippen LogP contribution in [0.2, 0.25) is 0 Å². The first-order valence-corrected chi connectivity index (χ1v) is 11.4. The van der Waals surface area contributed by atoms with Gasteiger partial charge in [-0.05, 0) is 74.3 Å². The molecule has 156 valence electrons. The van der Waals surface area contributed by atoms with Crippen LogP contribution in [-0.2, 0) is 0 Å². The van der Waals surface area contributed by atoms with Crippen molar-refractivity contribution < 1.29 is 4.79 Å². The Balaban J connectivity index is 2.29. The zero-order valence-electron chi connectivity index (χ0n) is 18.8. The van der Waals surface area contributed by atoms with Crippen molar-refractivity contribution in [1.82, 2.24) is 9.80 Å². The summed E-state index contributed by atoms with van der Waals surface area (Å²) in [5.41, 5.74) is 4.49. The largest absolute Gasteiger partial charge is 0.371 e. The lowest BCUT2D eigenvalue weighted by Gasteiger charge is -2.32. The summed E-state index contributed by atoms with van der Waals surface area (Å²) in [6.45, 7) is 14.9. The zero-order valence-corrected chi connectivity index (χ0v) is 18.8. The molecule has 1 heterocycles. The predicted molar refractivity (Wildman–Crippen MR) is 121 cm³/mol. The number of allylic oxidation sites excluding steroid dienone is 1. The fourth-order valence-corrected chi connectivity index (χ4v) is 4.30. The Labute approximate surface area is 172 Å². The number of carbonyl (C=O) groups excluding carboxylic acids is 1. The third-order valence-electron chi connectivity index (χ3n) is 5.82. The van der Waals surface area contributed by atoms with Crippen molar-refractivity contribution in [2.45, 2.75) is 73.1 Å². The van der Waals surface area contributed by atoms with Gasteiger partial charge in [-0.25, -0.2) is 0 Å². The summed E-state index contributed by atoms with van der Waals surface area (Å²) in [5, 5.41) is 0. The van der Waals surface area contributed by atoms with Gasteiger partial charge in [0.1, 0.15) is 0 Å². The van der Waals surface area contributed by atoms with Crippen LogP contribution in [0.15, 0.2) is 24.3 Å². The minimum atomic E-state index is 0.202. The van der Waals surface area contributed by atoms with Crippen molar-refractivity contribution in [2.75, 3.05) is 26.2 Å². The van der Waals surface area contributed by atoms with Gasteiger partial charge in [-0.1, -0.05) is 40.2 Å². The third kappa shape index (κ3) is 5.86. The van der Waals surface area contributed by atoms with Crippen molar-refractivity contribution >= 4 is 11.6 Å². The van der Waals surface area contributed by atoms with E-state index in [0.29, 0.717) is 0 Å². The van der Waals surface area contributed by atoms with Crippen LogP contribution in [0.25, 0.3) is 5.70 Å². The van der Waals surface area contributed by atoms with Crippen molar-refractivity contribution in [3.8, 4) is 0 Å². The van der Waals surface area contributed by atoms with Crippen LogP contribution in [0.5, 0.6) is 0 Å². The Hall–Kier alpha value is -1.77. The van der Waals surface area contributed by atoms with Gasteiger partial charge in [0.15, 0.2) is 0 Å². The van der Waals surface area contributed by atoms with Crippen LogP contribution in [0.1, 0.15) is 87.7 Å². The van der Waals surface area contributed by atoms with Gasteiger partial charge in [-0.15, -0.1) is 0 Å². The molecule has 28 heavy (non-hydrogen) atoms. The molecule has 1 amide bonds. The number of aryl methyl sites for hydroxylation is 1. The molecule has 1 aromatic carbocycles. The number of benzene rings is 1. The van der Waals surface area contributed by atoms with Crippen LogP contribution in [-0.4, -0.2) is 41.9 Å². The second kappa shape index (κ2) is 11.3. The van der Waals surface area contributed by atoms with E-state index >= 15 is 0 Å². The Morgan fingerprint density at radius 2 is 1.64 bits per heavy atom. The van der Waals surface area contributed by atoms with Crippen LogP contribution in [0.4, 0.5) is 0 Å². The molecule has 0 spiro atoms. The summed E-state index contributed by atoms with van der Waals surface area (Å²) in [5.74, 6) is 0.987. The van der Waals surface area contributed by atoms with E-state index in [9.17, 15) is 4.79 Å². The van der Waals surface area contributed by atoms with E-state index in [1.54, 1.807) is 0 Å². The van der Waals surface area contributed by atoms with Gasteiger partial charge in [0.2, 0.25) is 0 Å². The second-order valence-electron chi connectivity index (χ2n) is 8.22. The van der Waals surface area contributed by atoms with Crippen LogP contribution in [0.3, 0.4) is 0 Å². The molecule has 3 nitrogen and oxygen atoms in total. The van der Waals surface area contributed by atoms with Gasteiger partial charge >= 0.3 is 0 Å². The van der Waals surface area contributed by atoms with Crippen LogP contribution in [0, 0.1) is 12.8 Å². The number of likely N-dealkylation sites (tertiary alicyclic amines) is 1. The Kier molecular flexibility index (Phi) is 9.08. The SMILES string of the molecule is CC/C=C(/c1cc(C)cc(C(=O)N2CCC(CC)CC2)c1)N(CCC)CCC. The van der Waals surface area contributed by atoms with E-state index in [1.165, 1.54) is 23.2 Å². The van der Waals surface area contributed by atoms with Gasteiger partial charge < -0.3 is 9.80 Å². The maximum Gasteiger partial charge on any atom is 0.253 e. The number of nitrogens with zero attached hydrogens (tertiary/aromatic N) is 2. The number of hydrogen-bond acceptors (Lipinski definition) is 2. The average Bonchev–Trinajstić information content (AvgIpc) is 2.71. The summed E-state index contributed by atoms with van der Waals surface area (Å²) in [6.07, 6.45) is 9.09. The fourth-order valence-electron chi connectivity index (χ4n) is 4.30. The Bertz CT molecular complexity index is 651. The molecule has 0 atom stereocenters. The first-order valence-electron chi connectivity index (χ1n) is 11.4. The van der Waals surface area contributed by atoms with Gasteiger partial charge in [-0.3, -0.25) is 4.79 Å². The fraction of sp³-hybridized carbons (Fsp3) is 0.640. The highest BCUT2D eigenvalue weighted by Gasteiger charge is 2.23. The number of hydrogen-bond donors (Lipinski definition) is 0. The molecule has 1 aromatic rings. The summed E-state index contributed by atoms with van der Waals surface area (Å²) >= 11 is 0. The first kappa shape index (κ1) is 22.5. The lowest BCUT2D eigenvalue weighted by Crippen LogP contribution is -2.38. The van der Waals surface area contributed by atoms with Gasteiger partial charge in [0.25, 0.3) is 5.91 Å². The Morgan fingerprint density at radius 1 is 1.04 bits per heavy atom. The molecule has 1 saturated heterocycles. The minimum Gasteiger partial charge on any atom is -0.371 e. The highest BCUT2D eigenvalue weighted by Crippen LogP contribution is 2.26. The van der Waals surface area contributed by atoms with Crippen LogP contribution >= 0.6 is 0 Å².